The highest BCUT2D eigenvalue weighted by atomic mass is 28.3. The monoisotopic (exact) mass is 430 g/mol. The molecule has 0 atom stereocenters. The first-order valence-corrected chi connectivity index (χ1v) is 14.0. The first-order valence-electron chi connectivity index (χ1n) is 10.3. The van der Waals surface area contributed by atoms with Gasteiger partial charge in [0, 0.05) is 43.9 Å². The van der Waals surface area contributed by atoms with E-state index in [9.17, 15) is 5.26 Å². The van der Waals surface area contributed by atoms with Crippen LogP contribution < -0.4 is 0 Å². The number of rotatable bonds is 7. The van der Waals surface area contributed by atoms with Crippen molar-refractivity contribution in [3.8, 4) is 28.6 Å². The molecule has 0 amide bonds. The minimum atomic E-state index is -1.14. The molecule has 0 aliphatic rings. The van der Waals surface area contributed by atoms with Crippen LogP contribution in [0.3, 0.4) is 0 Å². The standard InChI is InChI=1S/C23H26N6OSi/c1-17-6-5-7-21(26-17)23-20(15-28(27-23)16-30-10-11-31(2,3)4)18-8-9-22-25-13-19(12-24)29(22)14-18/h5-9,13-15H,10-11,16H2,1-4H3. The van der Waals surface area contributed by atoms with Crippen LogP contribution in [-0.4, -0.2) is 38.8 Å². The Labute approximate surface area is 183 Å². The SMILES string of the molecule is Cc1cccc(-c2nn(COCC[Si](C)(C)C)cc2-c2ccc3ncc(C#N)n3c2)n1. The van der Waals surface area contributed by atoms with E-state index in [0.717, 1.165) is 46.5 Å². The van der Waals surface area contributed by atoms with E-state index in [1.165, 1.54) is 0 Å². The van der Waals surface area contributed by atoms with E-state index >= 15 is 0 Å². The van der Waals surface area contributed by atoms with Crippen molar-refractivity contribution < 1.29 is 4.74 Å². The lowest BCUT2D eigenvalue weighted by atomic mass is 10.1. The highest BCUT2D eigenvalue weighted by molar-refractivity contribution is 6.76. The molecule has 0 aliphatic carbocycles. The summed E-state index contributed by atoms with van der Waals surface area (Å²) in [6.45, 7) is 10.1. The Morgan fingerprint density at radius 3 is 2.71 bits per heavy atom. The Kier molecular flexibility index (Phi) is 5.72. The maximum atomic E-state index is 9.38. The summed E-state index contributed by atoms with van der Waals surface area (Å²) in [5.41, 5.74) is 5.63. The molecule has 0 saturated heterocycles. The van der Waals surface area contributed by atoms with E-state index in [1.807, 2.05) is 54.3 Å². The van der Waals surface area contributed by atoms with Crippen LogP contribution in [0.25, 0.3) is 28.2 Å². The van der Waals surface area contributed by atoms with Crippen molar-refractivity contribution in [1.29, 1.82) is 5.26 Å². The second-order valence-corrected chi connectivity index (χ2v) is 14.5. The molecule has 0 aliphatic heterocycles. The van der Waals surface area contributed by atoms with Gasteiger partial charge in [0.25, 0.3) is 0 Å². The third kappa shape index (κ3) is 4.73. The summed E-state index contributed by atoms with van der Waals surface area (Å²) in [6, 6.07) is 13.1. The molecule has 0 fully saturated rings. The number of imidazole rings is 1. The molecule has 0 N–H and O–H groups in total. The number of aryl methyl sites for hydroxylation is 1. The smallest absolute Gasteiger partial charge is 0.144 e. The summed E-state index contributed by atoms with van der Waals surface area (Å²) in [7, 11) is -1.14. The van der Waals surface area contributed by atoms with Gasteiger partial charge >= 0.3 is 0 Å². The second-order valence-electron chi connectivity index (χ2n) is 8.84. The minimum absolute atomic E-state index is 0.389. The highest BCUT2D eigenvalue weighted by Crippen LogP contribution is 2.30. The third-order valence-electron chi connectivity index (χ3n) is 5.04. The van der Waals surface area contributed by atoms with Crippen LogP contribution in [-0.2, 0) is 11.5 Å². The van der Waals surface area contributed by atoms with E-state index in [-0.39, 0.29) is 0 Å². The zero-order chi connectivity index (χ0) is 22.0. The van der Waals surface area contributed by atoms with Gasteiger partial charge in [-0.1, -0.05) is 25.7 Å². The van der Waals surface area contributed by atoms with Crippen molar-refractivity contribution in [2.45, 2.75) is 39.3 Å². The maximum Gasteiger partial charge on any atom is 0.144 e. The fraction of sp³-hybridized carbons (Fsp3) is 0.304. The number of nitrogens with zero attached hydrogens (tertiary/aromatic N) is 6. The molecule has 31 heavy (non-hydrogen) atoms. The number of ether oxygens (including phenoxy) is 1. The Balaban J connectivity index is 1.71. The zero-order valence-corrected chi connectivity index (χ0v) is 19.3. The van der Waals surface area contributed by atoms with Crippen LogP contribution in [0.15, 0.2) is 48.9 Å². The number of hydrogen-bond acceptors (Lipinski definition) is 5. The summed E-state index contributed by atoms with van der Waals surface area (Å²) in [6.07, 6.45) is 5.49. The molecule has 0 radical (unpaired) electrons. The average Bonchev–Trinajstić information content (AvgIpc) is 3.34. The van der Waals surface area contributed by atoms with Gasteiger partial charge in [0.05, 0.1) is 11.9 Å². The van der Waals surface area contributed by atoms with Gasteiger partial charge in [-0.3, -0.25) is 9.38 Å². The normalized spacial score (nSPS) is 11.7. The highest BCUT2D eigenvalue weighted by Gasteiger charge is 2.17. The van der Waals surface area contributed by atoms with Crippen LogP contribution in [0.4, 0.5) is 0 Å². The molecule has 8 heteroatoms. The van der Waals surface area contributed by atoms with Gasteiger partial charge in [-0.2, -0.15) is 10.4 Å². The van der Waals surface area contributed by atoms with Crippen molar-refractivity contribution in [1.82, 2.24) is 24.1 Å². The molecule has 0 saturated carbocycles. The van der Waals surface area contributed by atoms with E-state index < -0.39 is 8.07 Å². The summed E-state index contributed by atoms with van der Waals surface area (Å²) >= 11 is 0. The lowest BCUT2D eigenvalue weighted by Crippen LogP contribution is -2.22. The van der Waals surface area contributed by atoms with Crippen molar-refractivity contribution in [2.75, 3.05) is 6.61 Å². The lowest BCUT2D eigenvalue weighted by molar-refractivity contribution is 0.0787. The minimum Gasteiger partial charge on any atom is -0.360 e. The van der Waals surface area contributed by atoms with Crippen LogP contribution in [0.1, 0.15) is 11.4 Å². The van der Waals surface area contributed by atoms with Gasteiger partial charge in [0.1, 0.15) is 29.8 Å². The Morgan fingerprint density at radius 1 is 1.13 bits per heavy atom. The van der Waals surface area contributed by atoms with Gasteiger partial charge in [0.15, 0.2) is 0 Å². The van der Waals surface area contributed by atoms with Gasteiger partial charge in [-0.15, -0.1) is 0 Å². The first-order chi connectivity index (χ1) is 14.8. The first kappa shape index (κ1) is 21.0. The Morgan fingerprint density at radius 2 is 1.97 bits per heavy atom. The van der Waals surface area contributed by atoms with Gasteiger partial charge < -0.3 is 4.74 Å². The largest absolute Gasteiger partial charge is 0.360 e. The van der Waals surface area contributed by atoms with Crippen LogP contribution >= 0.6 is 0 Å². The fourth-order valence-corrected chi connectivity index (χ4v) is 4.08. The number of hydrogen-bond donors (Lipinski definition) is 0. The summed E-state index contributed by atoms with van der Waals surface area (Å²) in [5.74, 6) is 0. The van der Waals surface area contributed by atoms with E-state index in [0.29, 0.717) is 12.4 Å². The summed E-state index contributed by atoms with van der Waals surface area (Å²) in [5, 5.41) is 14.2. The Hall–Kier alpha value is -3.28. The van der Waals surface area contributed by atoms with Crippen LogP contribution in [0, 0.1) is 18.3 Å². The second kappa shape index (κ2) is 8.45. The van der Waals surface area contributed by atoms with Gasteiger partial charge in [-0.25, -0.2) is 9.67 Å². The molecular formula is C23H26N6OSi. The van der Waals surface area contributed by atoms with Gasteiger partial charge in [0.2, 0.25) is 0 Å². The lowest BCUT2D eigenvalue weighted by Gasteiger charge is -2.15. The Bertz CT molecular complexity index is 1260. The number of fused-ring (bicyclic) bond motifs is 1. The van der Waals surface area contributed by atoms with Crippen molar-refractivity contribution in [3.63, 3.8) is 0 Å². The molecule has 4 aromatic rings. The number of pyridine rings is 2. The predicted molar refractivity (Wildman–Crippen MR) is 123 cm³/mol. The molecule has 0 spiro atoms. The molecule has 158 valence electrons. The topological polar surface area (TPSA) is 81.0 Å². The van der Waals surface area contributed by atoms with Crippen LogP contribution in [0.5, 0.6) is 0 Å². The molecule has 4 heterocycles. The van der Waals surface area contributed by atoms with Crippen molar-refractivity contribution >= 4 is 13.7 Å². The van der Waals surface area contributed by atoms with Crippen molar-refractivity contribution in [2.24, 2.45) is 0 Å². The van der Waals surface area contributed by atoms with Crippen molar-refractivity contribution in [3.05, 3.63) is 60.3 Å². The zero-order valence-electron chi connectivity index (χ0n) is 18.3. The summed E-state index contributed by atoms with van der Waals surface area (Å²) < 4.78 is 9.53. The molecule has 7 nitrogen and oxygen atoms in total. The quantitative estimate of drug-likeness (QED) is 0.312. The number of nitriles is 1. The van der Waals surface area contributed by atoms with Gasteiger partial charge in [-0.05, 0) is 37.2 Å². The third-order valence-corrected chi connectivity index (χ3v) is 6.75. The predicted octanol–water partition coefficient (Wildman–Crippen LogP) is 4.75. The molecule has 4 aromatic heterocycles. The van der Waals surface area contributed by atoms with Crippen LogP contribution in [0.2, 0.25) is 25.7 Å². The molecular weight excluding hydrogens is 404 g/mol. The summed E-state index contributed by atoms with van der Waals surface area (Å²) in [4.78, 5) is 8.96. The maximum absolute atomic E-state index is 9.38. The van der Waals surface area contributed by atoms with E-state index in [2.05, 4.69) is 35.7 Å². The molecule has 0 aromatic carbocycles. The van der Waals surface area contributed by atoms with E-state index in [1.54, 1.807) is 10.6 Å². The average molecular weight is 431 g/mol. The fourth-order valence-electron chi connectivity index (χ4n) is 3.32. The number of aromatic nitrogens is 5. The molecule has 0 bridgehead atoms. The van der Waals surface area contributed by atoms with E-state index in [4.69, 9.17) is 9.84 Å². The molecule has 4 rings (SSSR count). The molecule has 0 unspecified atom stereocenters.